The standard InChI is InChI=1S/C16H28N2O3/c1-13(2)11-17-12-15-16(6-5-14(3)18-15)21-10-9-20-8-7-19-4/h5-6,13,17H,7-12H2,1-4H3. The highest BCUT2D eigenvalue weighted by Gasteiger charge is 2.06. The zero-order chi connectivity index (χ0) is 15.5. The molecule has 0 fully saturated rings. The van der Waals surface area contributed by atoms with E-state index in [0.717, 1.165) is 30.2 Å². The summed E-state index contributed by atoms with van der Waals surface area (Å²) < 4.78 is 16.1. The Labute approximate surface area is 128 Å². The fraction of sp³-hybridized carbons (Fsp3) is 0.688. The van der Waals surface area contributed by atoms with Crippen LogP contribution in [0, 0.1) is 12.8 Å². The SMILES string of the molecule is COCCOCCOc1ccc(C)nc1CNCC(C)C. The molecule has 21 heavy (non-hydrogen) atoms. The fourth-order valence-corrected chi connectivity index (χ4v) is 1.79. The van der Waals surface area contributed by atoms with E-state index in [0.29, 0.717) is 32.3 Å². The molecule has 1 N–H and O–H groups in total. The molecule has 0 amide bonds. The molecule has 0 saturated carbocycles. The lowest BCUT2D eigenvalue weighted by atomic mass is 10.2. The number of methoxy groups -OCH3 is 1. The molecular formula is C16H28N2O3. The highest BCUT2D eigenvalue weighted by atomic mass is 16.5. The van der Waals surface area contributed by atoms with Crippen molar-refractivity contribution in [2.45, 2.75) is 27.3 Å². The maximum Gasteiger partial charge on any atom is 0.142 e. The van der Waals surface area contributed by atoms with Gasteiger partial charge in [-0.15, -0.1) is 0 Å². The van der Waals surface area contributed by atoms with Crippen molar-refractivity contribution in [2.24, 2.45) is 5.92 Å². The number of hydrogen-bond acceptors (Lipinski definition) is 5. The van der Waals surface area contributed by atoms with E-state index in [-0.39, 0.29) is 0 Å². The third-order valence-corrected chi connectivity index (χ3v) is 2.83. The van der Waals surface area contributed by atoms with Gasteiger partial charge in [0.2, 0.25) is 0 Å². The molecule has 0 spiro atoms. The molecule has 0 aliphatic carbocycles. The number of ether oxygens (including phenoxy) is 3. The lowest BCUT2D eigenvalue weighted by molar-refractivity contribution is 0.0542. The van der Waals surface area contributed by atoms with E-state index in [1.54, 1.807) is 7.11 Å². The number of pyridine rings is 1. The lowest BCUT2D eigenvalue weighted by Crippen LogP contribution is -2.20. The second kappa shape index (κ2) is 10.5. The summed E-state index contributed by atoms with van der Waals surface area (Å²) in [6.45, 7) is 10.3. The third-order valence-electron chi connectivity index (χ3n) is 2.83. The van der Waals surface area contributed by atoms with Crippen molar-refractivity contribution in [1.29, 1.82) is 0 Å². The first-order chi connectivity index (χ1) is 10.1. The van der Waals surface area contributed by atoms with Crippen LogP contribution in [0.1, 0.15) is 25.2 Å². The first-order valence-electron chi connectivity index (χ1n) is 7.50. The van der Waals surface area contributed by atoms with E-state index in [4.69, 9.17) is 14.2 Å². The normalized spacial score (nSPS) is 11.1. The van der Waals surface area contributed by atoms with Gasteiger partial charge < -0.3 is 19.5 Å². The third kappa shape index (κ3) is 7.99. The van der Waals surface area contributed by atoms with Crippen LogP contribution in [0.3, 0.4) is 0 Å². The Hall–Kier alpha value is -1.17. The molecule has 1 aromatic rings. The summed E-state index contributed by atoms with van der Waals surface area (Å²) in [5.74, 6) is 1.44. The Bertz CT molecular complexity index is 397. The predicted octanol–water partition coefficient (Wildman–Crippen LogP) is 2.18. The van der Waals surface area contributed by atoms with Gasteiger partial charge in [0.25, 0.3) is 0 Å². The van der Waals surface area contributed by atoms with Gasteiger partial charge >= 0.3 is 0 Å². The first-order valence-corrected chi connectivity index (χ1v) is 7.50. The van der Waals surface area contributed by atoms with Crippen molar-refractivity contribution < 1.29 is 14.2 Å². The van der Waals surface area contributed by atoms with Gasteiger partial charge in [-0.05, 0) is 31.5 Å². The highest BCUT2D eigenvalue weighted by molar-refractivity contribution is 5.29. The molecule has 0 saturated heterocycles. The van der Waals surface area contributed by atoms with Gasteiger partial charge in [0.1, 0.15) is 12.4 Å². The van der Waals surface area contributed by atoms with E-state index < -0.39 is 0 Å². The monoisotopic (exact) mass is 296 g/mol. The molecule has 5 heteroatoms. The lowest BCUT2D eigenvalue weighted by Gasteiger charge is -2.13. The van der Waals surface area contributed by atoms with Crippen molar-refractivity contribution in [3.05, 3.63) is 23.5 Å². The number of nitrogens with one attached hydrogen (secondary N) is 1. The van der Waals surface area contributed by atoms with E-state index >= 15 is 0 Å². The highest BCUT2D eigenvalue weighted by Crippen LogP contribution is 2.16. The molecule has 5 nitrogen and oxygen atoms in total. The zero-order valence-electron chi connectivity index (χ0n) is 13.6. The van der Waals surface area contributed by atoms with Crippen molar-refractivity contribution in [1.82, 2.24) is 10.3 Å². The van der Waals surface area contributed by atoms with Gasteiger partial charge in [0, 0.05) is 19.3 Å². The van der Waals surface area contributed by atoms with Gasteiger partial charge in [-0.1, -0.05) is 13.8 Å². The average Bonchev–Trinajstić information content (AvgIpc) is 2.44. The second-order valence-corrected chi connectivity index (χ2v) is 5.38. The van der Waals surface area contributed by atoms with Gasteiger partial charge in [0.05, 0.1) is 25.5 Å². The Balaban J connectivity index is 2.40. The number of nitrogens with zero attached hydrogens (tertiary/aromatic N) is 1. The molecule has 1 heterocycles. The van der Waals surface area contributed by atoms with Crippen LogP contribution in [0.25, 0.3) is 0 Å². The van der Waals surface area contributed by atoms with E-state index in [1.807, 2.05) is 19.1 Å². The number of rotatable bonds is 11. The van der Waals surface area contributed by atoms with Crippen LogP contribution in [0.15, 0.2) is 12.1 Å². The summed E-state index contributed by atoms with van der Waals surface area (Å²) in [5.41, 5.74) is 1.95. The smallest absolute Gasteiger partial charge is 0.142 e. The van der Waals surface area contributed by atoms with E-state index in [2.05, 4.69) is 24.1 Å². The Morgan fingerprint density at radius 1 is 1.14 bits per heavy atom. The molecule has 0 aliphatic heterocycles. The summed E-state index contributed by atoms with van der Waals surface area (Å²) >= 11 is 0. The van der Waals surface area contributed by atoms with Crippen molar-refractivity contribution in [3.63, 3.8) is 0 Å². The number of hydrogen-bond donors (Lipinski definition) is 1. The molecule has 1 aromatic heterocycles. The summed E-state index contributed by atoms with van der Waals surface area (Å²) in [7, 11) is 1.66. The molecule has 0 atom stereocenters. The van der Waals surface area contributed by atoms with E-state index in [9.17, 15) is 0 Å². The summed E-state index contributed by atoms with van der Waals surface area (Å²) in [6.07, 6.45) is 0. The Kier molecular flexibility index (Phi) is 8.98. The second-order valence-electron chi connectivity index (χ2n) is 5.38. The molecule has 0 aromatic carbocycles. The van der Waals surface area contributed by atoms with E-state index in [1.165, 1.54) is 0 Å². The zero-order valence-corrected chi connectivity index (χ0v) is 13.6. The van der Waals surface area contributed by atoms with Crippen molar-refractivity contribution in [3.8, 4) is 5.75 Å². The summed E-state index contributed by atoms with van der Waals surface area (Å²) in [5, 5.41) is 3.40. The molecule has 0 bridgehead atoms. The van der Waals surface area contributed by atoms with Gasteiger partial charge in [0.15, 0.2) is 0 Å². The van der Waals surface area contributed by atoms with Crippen LogP contribution >= 0.6 is 0 Å². The van der Waals surface area contributed by atoms with Crippen molar-refractivity contribution >= 4 is 0 Å². The summed E-state index contributed by atoms with van der Waals surface area (Å²) in [6, 6.07) is 3.94. The van der Waals surface area contributed by atoms with Gasteiger partial charge in [-0.2, -0.15) is 0 Å². The minimum absolute atomic E-state index is 0.519. The number of aryl methyl sites for hydroxylation is 1. The Morgan fingerprint density at radius 3 is 2.62 bits per heavy atom. The molecule has 120 valence electrons. The molecule has 0 unspecified atom stereocenters. The molecule has 1 rings (SSSR count). The van der Waals surface area contributed by atoms with Crippen LogP contribution in [0.2, 0.25) is 0 Å². The topological polar surface area (TPSA) is 52.6 Å². The maximum atomic E-state index is 5.76. The predicted molar refractivity (Wildman–Crippen MR) is 83.7 cm³/mol. The molecular weight excluding hydrogens is 268 g/mol. The average molecular weight is 296 g/mol. The maximum absolute atomic E-state index is 5.76. The fourth-order valence-electron chi connectivity index (χ4n) is 1.79. The van der Waals surface area contributed by atoms with Crippen LogP contribution in [-0.2, 0) is 16.0 Å². The largest absolute Gasteiger partial charge is 0.489 e. The van der Waals surface area contributed by atoms with Crippen LogP contribution in [-0.4, -0.2) is 45.1 Å². The quantitative estimate of drug-likeness (QED) is 0.634. The number of aromatic nitrogens is 1. The molecule has 0 aliphatic rings. The van der Waals surface area contributed by atoms with Gasteiger partial charge in [-0.25, -0.2) is 0 Å². The van der Waals surface area contributed by atoms with Crippen LogP contribution in [0.5, 0.6) is 5.75 Å². The van der Waals surface area contributed by atoms with Gasteiger partial charge in [-0.3, -0.25) is 4.98 Å². The molecule has 0 radical (unpaired) electrons. The minimum atomic E-state index is 0.519. The first kappa shape index (κ1) is 17.9. The Morgan fingerprint density at radius 2 is 1.90 bits per heavy atom. The van der Waals surface area contributed by atoms with Crippen LogP contribution in [0.4, 0.5) is 0 Å². The van der Waals surface area contributed by atoms with Crippen molar-refractivity contribution in [2.75, 3.05) is 40.1 Å². The minimum Gasteiger partial charge on any atom is -0.489 e. The summed E-state index contributed by atoms with van der Waals surface area (Å²) in [4.78, 5) is 4.55. The van der Waals surface area contributed by atoms with Crippen LogP contribution < -0.4 is 10.1 Å².